The van der Waals surface area contributed by atoms with Crippen molar-refractivity contribution >= 4 is 21.7 Å². The van der Waals surface area contributed by atoms with Gasteiger partial charge in [-0.05, 0) is 23.3 Å². The molecule has 0 atom stereocenters. The average molecular weight is 337 g/mol. The summed E-state index contributed by atoms with van der Waals surface area (Å²) in [6, 6.07) is 12.4. The number of Topliss-reactive ketones (excluding diaryl/α,β-unsaturated/α-hetero) is 1. The number of ether oxygens (including phenoxy) is 1. The van der Waals surface area contributed by atoms with Gasteiger partial charge in [0.15, 0.2) is 11.6 Å². The fraction of sp³-hybridized carbons (Fsp3) is 0.188. The third-order valence-electron chi connectivity index (χ3n) is 3.00. The van der Waals surface area contributed by atoms with Crippen LogP contribution in [0, 0.1) is 5.82 Å². The minimum Gasteiger partial charge on any atom is -0.494 e. The molecule has 2 aromatic rings. The Morgan fingerprint density at radius 2 is 1.75 bits per heavy atom. The molecule has 0 bridgehead atoms. The lowest BCUT2D eigenvalue weighted by atomic mass is 10.0. The third-order valence-corrected chi connectivity index (χ3v) is 3.77. The van der Waals surface area contributed by atoms with Crippen LogP contribution in [0.5, 0.6) is 5.75 Å². The highest BCUT2D eigenvalue weighted by molar-refractivity contribution is 9.10. The molecule has 0 N–H and O–H groups in total. The van der Waals surface area contributed by atoms with E-state index >= 15 is 0 Å². The van der Waals surface area contributed by atoms with Crippen LogP contribution in [-0.2, 0) is 17.6 Å². The number of halogens is 2. The van der Waals surface area contributed by atoms with Crippen molar-refractivity contribution in [2.24, 2.45) is 0 Å². The molecule has 0 amide bonds. The van der Waals surface area contributed by atoms with Gasteiger partial charge in [0, 0.05) is 17.3 Å². The highest BCUT2D eigenvalue weighted by Gasteiger charge is 2.13. The van der Waals surface area contributed by atoms with Crippen molar-refractivity contribution in [2.75, 3.05) is 7.11 Å². The van der Waals surface area contributed by atoms with Gasteiger partial charge >= 0.3 is 0 Å². The Morgan fingerprint density at radius 1 is 1.10 bits per heavy atom. The Bertz CT molecular complexity index is 626. The van der Waals surface area contributed by atoms with Crippen LogP contribution in [0.4, 0.5) is 4.39 Å². The molecule has 2 nitrogen and oxygen atoms in total. The Kier molecular flexibility index (Phi) is 4.90. The first-order valence-corrected chi connectivity index (χ1v) is 6.97. The highest BCUT2D eigenvalue weighted by Crippen LogP contribution is 2.22. The van der Waals surface area contributed by atoms with Crippen LogP contribution in [0.2, 0.25) is 0 Å². The lowest BCUT2D eigenvalue weighted by Gasteiger charge is -2.07. The number of ketones is 1. The Morgan fingerprint density at radius 3 is 2.45 bits per heavy atom. The van der Waals surface area contributed by atoms with Crippen molar-refractivity contribution in [3.63, 3.8) is 0 Å². The molecule has 0 saturated heterocycles. The normalized spacial score (nSPS) is 10.3. The standard InChI is InChI=1S/C16H14BrFO2/c1-20-15-8-4-6-12(16(15)18)10-13(19)9-11-5-2-3-7-14(11)17/h2-8H,9-10H2,1H3. The quantitative estimate of drug-likeness (QED) is 0.826. The number of carbonyl (C=O) groups excluding carboxylic acids is 1. The molecule has 0 radical (unpaired) electrons. The summed E-state index contributed by atoms with van der Waals surface area (Å²) < 4.78 is 19.8. The summed E-state index contributed by atoms with van der Waals surface area (Å²) in [5.41, 5.74) is 1.27. The summed E-state index contributed by atoms with van der Waals surface area (Å²) in [7, 11) is 1.41. The Hall–Kier alpha value is -1.68. The summed E-state index contributed by atoms with van der Waals surface area (Å²) >= 11 is 3.40. The summed E-state index contributed by atoms with van der Waals surface area (Å²) in [6.45, 7) is 0. The smallest absolute Gasteiger partial charge is 0.168 e. The summed E-state index contributed by atoms with van der Waals surface area (Å²) in [6.07, 6.45) is 0.336. The molecule has 4 heteroatoms. The van der Waals surface area contributed by atoms with Crippen LogP contribution in [0.15, 0.2) is 46.9 Å². The van der Waals surface area contributed by atoms with E-state index in [9.17, 15) is 9.18 Å². The van der Waals surface area contributed by atoms with Gasteiger partial charge in [-0.1, -0.05) is 46.3 Å². The largest absolute Gasteiger partial charge is 0.494 e. The minimum atomic E-state index is -0.463. The summed E-state index contributed by atoms with van der Waals surface area (Å²) in [5, 5.41) is 0. The zero-order valence-corrected chi connectivity index (χ0v) is 12.6. The van der Waals surface area contributed by atoms with Crippen molar-refractivity contribution in [3.05, 3.63) is 63.9 Å². The van der Waals surface area contributed by atoms with Gasteiger partial charge in [-0.25, -0.2) is 4.39 Å². The Balaban J connectivity index is 2.11. The van der Waals surface area contributed by atoms with E-state index in [2.05, 4.69) is 15.9 Å². The van der Waals surface area contributed by atoms with Crippen molar-refractivity contribution < 1.29 is 13.9 Å². The molecule has 0 heterocycles. The van der Waals surface area contributed by atoms with Crippen LogP contribution in [0.25, 0.3) is 0 Å². The second kappa shape index (κ2) is 6.66. The minimum absolute atomic E-state index is 0.0379. The SMILES string of the molecule is COc1cccc(CC(=O)Cc2ccccc2Br)c1F. The summed E-state index contributed by atoms with van der Waals surface area (Å²) in [4.78, 5) is 12.1. The molecule has 0 spiro atoms. The molecule has 0 unspecified atom stereocenters. The topological polar surface area (TPSA) is 26.3 Å². The monoisotopic (exact) mass is 336 g/mol. The van der Waals surface area contributed by atoms with Crippen molar-refractivity contribution in [2.45, 2.75) is 12.8 Å². The molecular formula is C16H14BrFO2. The number of hydrogen-bond donors (Lipinski definition) is 0. The van der Waals surface area contributed by atoms with Crippen molar-refractivity contribution in [1.82, 2.24) is 0 Å². The van der Waals surface area contributed by atoms with Gasteiger partial charge in [-0.2, -0.15) is 0 Å². The molecule has 0 fully saturated rings. The first-order chi connectivity index (χ1) is 9.61. The van der Waals surface area contributed by atoms with E-state index < -0.39 is 5.82 Å². The lowest BCUT2D eigenvalue weighted by molar-refractivity contribution is -0.117. The van der Waals surface area contributed by atoms with Crippen LogP contribution >= 0.6 is 15.9 Å². The average Bonchev–Trinajstić information content (AvgIpc) is 2.44. The molecular weight excluding hydrogens is 323 g/mol. The predicted octanol–water partition coefficient (Wildman–Crippen LogP) is 3.95. The van der Waals surface area contributed by atoms with Gasteiger partial charge in [0.1, 0.15) is 5.78 Å². The number of benzene rings is 2. The van der Waals surface area contributed by atoms with E-state index in [1.54, 1.807) is 12.1 Å². The first-order valence-electron chi connectivity index (χ1n) is 6.18. The maximum Gasteiger partial charge on any atom is 0.168 e. The molecule has 2 rings (SSSR count). The van der Waals surface area contributed by atoms with Crippen LogP contribution in [-0.4, -0.2) is 12.9 Å². The number of carbonyl (C=O) groups is 1. The van der Waals surface area contributed by atoms with Gasteiger partial charge in [0.25, 0.3) is 0 Å². The Labute approximate surface area is 125 Å². The van der Waals surface area contributed by atoms with E-state index in [0.717, 1.165) is 10.0 Å². The van der Waals surface area contributed by atoms with Gasteiger partial charge in [-0.15, -0.1) is 0 Å². The fourth-order valence-electron chi connectivity index (χ4n) is 1.98. The summed E-state index contributed by atoms with van der Waals surface area (Å²) in [5.74, 6) is -0.337. The molecule has 20 heavy (non-hydrogen) atoms. The van der Waals surface area contributed by atoms with Crippen LogP contribution in [0.3, 0.4) is 0 Å². The highest BCUT2D eigenvalue weighted by atomic mass is 79.9. The third kappa shape index (κ3) is 3.45. The second-order valence-electron chi connectivity index (χ2n) is 4.42. The van der Waals surface area contributed by atoms with Crippen LogP contribution < -0.4 is 4.74 Å². The maximum atomic E-state index is 14.0. The predicted molar refractivity (Wildman–Crippen MR) is 79.5 cm³/mol. The fourth-order valence-corrected chi connectivity index (χ4v) is 2.40. The van der Waals surface area contributed by atoms with E-state index in [4.69, 9.17) is 4.74 Å². The zero-order chi connectivity index (χ0) is 14.5. The van der Waals surface area contributed by atoms with Gasteiger partial charge in [-0.3, -0.25) is 4.79 Å². The van der Waals surface area contributed by atoms with E-state index in [0.29, 0.717) is 5.56 Å². The molecule has 0 aliphatic carbocycles. The maximum absolute atomic E-state index is 14.0. The molecule has 0 aromatic heterocycles. The van der Waals surface area contributed by atoms with Crippen molar-refractivity contribution in [3.8, 4) is 5.75 Å². The molecule has 0 saturated carbocycles. The first kappa shape index (κ1) is 14.7. The molecule has 0 aliphatic rings. The molecule has 0 aliphatic heterocycles. The van der Waals surface area contributed by atoms with Crippen LogP contribution in [0.1, 0.15) is 11.1 Å². The zero-order valence-electron chi connectivity index (χ0n) is 11.0. The number of methoxy groups -OCH3 is 1. The number of hydrogen-bond acceptors (Lipinski definition) is 2. The molecule has 2 aromatic carbocycles. The number of rotatable bonds is 5. The van der Waals surface area contributed by atoms with E-state index in [1.807, 2.05) is 24.3 Å². The lowest BCUT2D eigenvalue weighted by Crippen LogP contribution is -2.08. The van der Waals surface area contributed by atoms with Gasteiger partial charge in [0.2, 0.25) is 0 Å². The second-order valence-corrected chi connectivity index (χ2v) is 5.27. The van der Waals surface area contributed by atoms with Crippen molar-refractivity contribution in [1.29, 1.82) is 0 Å². The van der Waals surface area contributed by atoms with Gasteiger partial charge in [0.05, 0.1) is 7.11 Å². The van der Waals surface area contributed by atoms with Gasteiger partial charge < -0.3 is 4.74 Å². The molecule has 104 valence electrons. The van der Waals surface area contributed by atoms with E-state index in [1.165, 1.54) is 13.2 Å². The van der Waals surface area contributed by atoms with E-state index in [-0.39, 0.29) is 24.4 Å².